The molecule has 0 atom stereocenters. The molecule has 18 heavy (non-hydrogen) atoms. The maximum absolute atomic E-state index is 5.61. The fourth-order valence-corrected chi connectivity index (χ4v) is 2.82. The number of anilines is 1. The van der Waals surface area contributed by atoms with Gasteiger partial charge in [-0.3, -0.25) is 0 Å². The third-order valence-corrected chi connectivity index (χ3v) is 4.88. The third-order valence-electron chi connectivity index (χ3n) is 3.37. The van der Waals surface area contributed by atoms with E-state index >= 15 is 0 Å². The molecule has 0 fully saturated rings. The van der Waals surface area contributed by atoms with Crippen molar-refractivity contribution in [1.29, 1.82) is 0 Å². The highest BCUT2D eigenvalue weighted by Crippen LogP contribution is 2.41. The zero-order chi connectivity index (χ0) is 13.9. The summed E-state index contributed by atoms with van der Waals surface area (Å²) >= 11 is 7.96. The number of methoxy groups -OCH3 is 1. The van der Waals surface area contributed by atoms with E-state index < -0.39 is 0 Å². The topological polar surface area (TPSA) is 12.5 Å². The first-order valence-corrected chi connectivity index (χ1v) is 7.53. The first-order valence-electron chi connectivity index (χ1n) is 6.10. The van der Waals surface area contributed by atoms with Crippen LogP contribution in [0.2, 0.25) is 0 Å². The van der Waals surface area contributed by atoms with Crippen LogP contribution in [0.25, 0.3) is 0 Å². The van der Waals surface area contributed by atoms with Crippen LogP contribution in [-0.2, 0) is 0 Å². The van der Waals surface area contributed by atoms with Crippen LogP contribution >= 0.6 is 28.6 Å². The molecule has 0 radical (unpaired) electrons. The Morgan fingerprint density at radius 3 is 2.28 bits per heavy atom. The first-order chi connectivity index (χ1) is 8.45. The minimum atomic E-state index is 0.901. The largest absolute Gasteiger partial charge is 0.494 e. The Morgan fingerprint density at radius 1 is 1.17 bits per heavy atom. The quantitative estimate of drug-likeness (QED) is 0.814. The summed E-state index contributed by atoms with van der Waals surface area (Å²) < 4.78 is 6.79. The summed E-state index contributed by atoms with van der Waals surface area (Å²) in [6.45, 7) is 7.34. The minimum Gasteiger partial charge on any atom is -0.494 e. The predicted molar refractivity (Wildman–Crippen MR) is 86.6 cm³/mol. The molecule has 0 spiro atoms. The van der Waals surface area contributed by atoms with Crippen molar-refractivity contribution < 1.29 is 4.74 Å². The van der Waals surface area contributed by atoms with Crippen molar-refractivity contribution in [2.45, 2.75) is 27.2 Å². The molecule has 0 amide bonds. The van der Waals surface area contributed by atoms with Crippen LogP contribution in [0.1, 0.15) is 23.1 Å². The van der Waals surface area contributed by atoms with Gasteiger partial charge < -0.3 is 9.64 Å². The Labute approximate surface area is 124 Å². The van der Waals surface area contributed by atoms with E-state index in [1.54, 1.807) is 7.11 Å². The molecule has 0 aliphatic heterocycles. The van der Waals surface area contributed by atoms with Gasteiger partial charge in [0.1, 0.15) is 5.75 Å². The monoisotopic (exact) mass is 331 g/mol. The van der Waals surface area contributed by atoms with Crippen molar-refractivity contribution in [3.63, 3.8) is 0 Å². The van der Waals surface area contributed by atoms with Gasteiger partial charge in [0.2, 0.25) is 0 Å². The summed E-state index contributed by atoms with van der Waals surface area (Å²) in [4.78, 5) is 2.25. The van der Waals surface area contributed by atoms with Gasteiger partial charge in [-0.05, 0) is 49.6 Å². The van der Waals surface area contributed by atoms with Gasteiger partial charge in [0, 0.05) is 18.1 Å². The van der Waals surface area contributed by atoms with E-state index in [1.165, 1.54) is 26.9 Å². The Bertz CT molecular complexity index is 435. The lowest BCUT2D eigenvalue weighted by Crippen LogP contribution is -2.21. The molecule has 4 heteroatoms. The molecular formula is C14H22BrNOS. The van der Waals surface area contributed by atoms with Crippen LogP contribution in [-0.4, -0.2) is 26.5 Å². The lowest BCUT2D eigenvalue weighted by atomic mass is 10.0. The highest BCUT2D eigenvalue weighted by Gasteiger charge is 2.19. The molecule has 0 aromatic heterocycles. The second-order valence-electron chi connectivity index (χ2n) is 4.57. The van der Waals surface area contributed by atoms with Crippen molar-refractivity contribution in [3.05, 3.63) is 21.2 Å². The van der Waals surface area contributed by atoms with Crippen LogP contribution in [0.4, 0.5) is 5.69 Å². The van der Waals surface area contributed by atoms with Crippen molar-refractivity contribution in [1.82, 2.24) is 0 Å². The van der Waals surface area contributed by atoms with E-state index in [4.69, 9.17) is 4.74 Å². The van der Waals surface area contributed by atoms with Crippen LogP contribution < -0.4 is 9.64 Å². The second-order valence-corrected chi connectivity index (χ2v) is 5.81. The number of halogens is 1. The minimum absolute atomic E-state index is 0.901. The molecule has 0 heterocycles. The maximum Gasteiger partial charge on any atom is 0.145 e. The fourth-order valence-electron chi connectivity index (χ4n) is 2.20. The standard InChI is InChI=1S/C14H22BrNOS/c1-9-10(2)14(17-5)13(11(3)12(9)15)16(4)7-6-8-18/h18H,6-8H2,1-5H3. The molecule has 102 valence electrons. The van der Waals surface area contributed by atoms with Gasteiger partial charge in [-0.15, -0.1) is 0 Å². The number of hydrogen-bond acceptors (Lipinski definition) is 3. The summed E-state index contributed by atoms with van der Waals surface area (Å²) in [5, 5.41) is 0. The molecule has 0 bridgehead atoms. The van der Waals surface area contributed by atoms with Gasteiger partial charge in [-0.1, -0.05) is 15.9 Å². The van der Waals surface area contributed by atoms with Crippen LogP contribution in [0.5, 0.6) is 5.75 Å². The zero-order valence-corrected chi connectivity index (χ0v) is 14.3. The lowest BCUT2D eigenvalue weighted by Gasteiger charge is -2.27. The molecule has 0 N–H and O–H groups in total. The number of thiol groups is 1. The Hall–Kier alpha value is -0.350. The number of benzene rings is 1. The van der Waals surface area contributed by atoms with Crippen molar-refractivity contribution in [2.75, 3.05) is 31.4 Å². The molecule has 0 aliphatic rings. The average Bonchev–Trinajstić information content (AvgIpc) is 2.37. The predicted octanol–water partition coefficient (Wildman–Crippen LogP) is 4.14. The van der Waals surface area contributed by atoms with Gasteiger partial charge in [0.05, 0.1) is 12.8 Å². The zero-order valence-electron chi connectivity index (χ0n) is 11.8. The van der Waals surface area contributed by atoms with Crippen LogP contribution in [0, 0.1) is 20.8 Å². The SMILES string of the molecule is COc1c(C)c(C)c(Br)c(C)c1N(C)CCCS. The smallest absolute Gasteiger partial charge is 0.145 e. The van der Waals surface area contributed by atoms with Gasteiger partial charge in [0.15, 0.2) is 0 Å². The highest BCUT2D eigenvalue weighted by molar-refractivity contribution is 9.10. The number of rotatable bonds is 5. The van der Waals surface area contributed by atoms with E-state index in [0.29, 0.717) is 0 Å². The lowest BCUT2D eigenvalue weighted by molar-refractivity contribution is 0.411. The first kappa shape index (κ1) is 15.7. The summed E-state index contributed by atoms with van der Waals surface area (Å²) in [5.41, 5.74) is 4.85. The molecule has 2 nitrogen and oxygen atoms in total. The van der Waals surface area contributed by atoms with Crippen LogP contribution in [0.3, 0.4) is 0 Å². The molecule has 1 aromatic carbocycles. The molecule has 1 rings (SSSR count). The van der Waals surface area contributed by atoms with Gasteiger partial charge in [0.25, 0.3) is 0 Å². The molecular weight excluding hydrogens is 310 g/mol. The summed E-state index contributed by atoms with van der Waals surface area (Å²) in [7, 11) is 3.85. The molecule has 0 aliphatic carbocycles. The number of nitrogens with zero attached hydrogens (tertiary/aromatic N) is 1. The fraction of sp³-hybridized carbons (Fsp3) is 0.571. The van der Waals surface area contributed by atoms with Crippen molar-refractivity contribution in [2.24, 2.45) is 0 Å². The summed E-state index contributed by atoms with van der Waals surface area (Å²) in [6.07, 6.45) is 1.06. The highest BCUT2D eigenvalue weighted by atomic mass is 79.9. The van der Waals surface area contributed by atoms with E-state index in [2.05, 4.69) is 61.3 Å². The van der Waals surface area contributed by atoms with Crippen molar-refractivity contribution >= 4 is 34.2 Å². The Morgan fingerprint density at radius 2 is 1.78 bits per heavy atom. The Balaban J connectivity index is 3.32. The maximum atomic E-state index is 5.61. The van der Waals surface area contributed by atoms with Gasteiger partial charge >= 0.3 is 0 Å². The molecule has 0 saturated heterocycles. The average molecular weight is 332 g/mol. The summed E-state index contributed by atoms with van der Waals surface area (Å²) in [5.74, 6) is 1.88. The number of ether oxygens (including phenoxy) is 1. The van der Waals surface area contributed by atoms with E-state index in [9.17, 15) is 0 Å². The summed E-state index contributed by atoms with van der Waals surface area (Å²) in [6, 6.07) is 0. The van der Waals surface area contributed by atoms with Gasteiger partial charge in [-0.25, -0.2) is 0 Å². The Kier molecular flexibility index (Phi) is 5.86. The van der Waals surface area contributed by atoms with Crippen LogP contribution in [0.15, 0.2) is 4.47 Å². The third kappa shape index (κ3) is 2.97. The van der Waals surface area contributed by atoms with Crippen molar-refractivity contribution in [3.8, 4) is 5.75 Å². The van der Waals surface area contributed by atoms with Gasteiger partial charge in [-0.2, -0.15) is 12.6 Å². The number of hydrogen-bond donors (Lipinski definition) is 1. The molecule has 0 unspecified atom stereocenters. The van der Waals surface area contributed by atoms with E-state index in [-0.39, 0.29) is 0 Å². The van der Waals surface area contributed by atoms with E-state index in [0.717, 1.165) is 24.5 Å². The second kappa shape index (κ2) is 6.71. The van der Waals surface area contributed by atoms with E-state index in [1.807, 2.05) is 0 Å². The normalized spacial score (nSPS) is 10.6. The molecule has 1 aromatic rings. The molecule has 0 saturated carbocycles.